The molecule has 4 N–H and O–H groups in total. The first-order valence-corrected chi connectivity index (χ1v) is 3.14. The molecule has 0 radical (unpaired) electrons. The Kier molecular flexibility index (Phi) is 13.1. The molecule has 0 spiro atoms. The fourth-order valence-corrected chi connectivity index (χ4v) is 0.760. The summed E-state index contributed by atoms with van der Waals surface area (Å²) in [6.45, 7) is -0.250. The maximum Gasteiger partial charge on any atom is 0.290 e. The molecule has 0 aromatic rings. The second-order valence-corrected chi connectivity index (χ2v) is 1.86. The molecule has 3 nitrogen and oxygen atoms in total. The number of rotatable bonds is 0. The Hall–Kier alpha value is -0.830. The van der Waals surface area contributed by atoms with Crippen LogP contribution in [0.4, 0.5) is 0 Å². The van der Waals surface area contributed by atoms with Crippen LogP contribution in [0.2, 0.25) is 0 Å². The van der Waals surface area contributed by atoms with Crippen molar-refractivity contribution in [2.24, 2.45) is 0 Å². The number of carboxylic acid groups (broad SMARTS) is 1. The van der Waals surface area contributed by atoms with E-state index in [1.165, 1.54) is 25.7 Å². The summed E-state index contributed by atoms with van der Waals surface area (Å²) in [7, 11) is 0. The largest absolute Gasteiger partial charge is 0.483 e. The molecule has 0 atom stereocenters. The quantitative estimate of drug-likeness (QED) is 0.404. The average Bonchev–Trinajstić information content (AvgIpc) is 1.93. The lowest BCUT2D eigenvalue weighted by Gasteiger charge is -1.97. The smallest absolute Gasteiger partial charge is 0.290 e. The van der Waals surface area contributed by atoms with Gasteiger partial charge in [-0.1, -0.05) is 12.2 Å². The van der Waals surface area contributed by atoms with Crippen molar-refractivity contribution in [1.82, 2.24) is 6.15 Å². The fraction of sp³-hybridized carbons (Fsp3) is 0.571. The van der Waals surface area contributed by atoms with Crippen LogP contribution in [-0.2, 0) is 4.79 Å². The fourth-order valence-electron chi connectivity index (χ4n) is 0.760. The zero-order valence-electron chi connectivity index (χ0n) is 6.12. The molecular formula is C7H15NO2. The Morgan fingerprint density at radius 1 is 1.20 bits per heavy atom. The number of carbonyl (C=O) groups is 1. The van der Waals surface area contributed by atoms with E-state index in [4.69, 9.17) is 9.90 Å². The van der Waals surface area contributed by atoms with Crippen LogP contribution in [-0.4, -0.2) is 11.6 Å². The molecule has 0 saturated carbocycles. The minimum absolute atomic E-state index is 0. The Morgan fingerprint density at radius 2 is 1.50 bits per heavy atom. The van der Waals surface area contributed by atoms with Crippen LogP contribution in [0.15, 0.2) is 12.2 Å². The van der Waals surface area contributed by atoms with Crippen LogP contribution in [0, 0.1) is 0 Å². The highest BCUT2D eigenvalue weighted by Crippen LogP contribution is 2.07. The van der Waals surface area contributed by atoms with Gasteiger partial charge >= 0.3 is 0 Å². The Balaban J connectivity index is 0. The van der Waals surface area contributed by atoms with Gasteiger partial charge in [-0.05, 0) is 25.7 Å². The van der Waals surface area contributed by atoms with Crippen LogP contribution in [0.25, 0.3) is 0 Å². The van der Waals surface area contributed by atoms with E-state index < -0.39 is 0 Å². The predicted octanol–water partition coefficient (Wildman–Crippen LogP) is 1.98. The third-order valence-corrected chi connectivity index (χ3v) is 1.16. The third-order valence-electron chi connectivity index (χ3n) is 1.16. The maximum absolute atomic E-state index is 8.36. The van der Waals surface area contributed by atoms with Crippen molar-refractivity contribution in [3.05, 3.63) is 12.2 Å². The van der Waals surface area contributed by atoms with E-state index in [1.54, 1.807) is 0 Å². The summed E-state index contributed by atoms with van der Waals surface area (Å²) in [6.07, 6.45) is 10.0. The summed E-state index contributed by atoms with van der Waals surface area (Å²) in [6, 6.07) is 0. The van der Waals surface area contributed by atoms with Crippen LogP contribution in [0.1, 0.15) is 25.7 Å². The minimum Gasteiger partial charge on any atom is -0.483 e. The molecule has 1 rings (SSSR count). The summed E-state index contributed by atoms with van der Waals surface area (Å²) < 4.78 is 0. The lowest BCUT2D eigenvalue weighted by Crippen LogP contribution is -1.77. The van der Waals surface area contributed by atoms with Gasteiger partial charge in [0.1, 0.15) is 0 Å². The lowest BCUT2D eigenvalue weighted by molar-refractivity contribution is -0.122. The van der Waals surface area contributed by atoms with E-state index in [0.717, 1.165) is 0 Å². The molecule has 0 unspecified atom stereocenters. The van der Waals surface area contributed by atoms with Gasteiger partial charge in [0, 0.05) is 0 Å². The van der Waals surface area contributed by atoms with E-state index in [-0.39, 0.29) is 12.6 Å². The normalized spacial score (nSPS) is 14.0. The van der Waals surface area contributed by atoms with Crippen molar-refractivity contribution >= 4 is 6.47 Å². The molecule has 0 aromatic carbocycles. The van der Waals surface area contributed by atoms with Crippen molar-refractivity contribution in [1.29, 1.82) is 0 Å². The average molecular weight is 145 g/mol. The van der Waals surface area contributed by atoms with E-state index in [1.807, 2.05) is 0 Å². The number of hydrogen-bond acceptors (Lipinski definition) is 2. The monoisotopic (exact) mass is 145 g/mol. The number of hydrogen-bond donors (Lipinski definition) is 2. The predicted molar refractivity (Wildman–Crippen MR) is 41.3 cm³/mol. The van der Waals surface area contributed by atoms with Gasteiger partial charge in [0.25, 0.3) is 6.47 Å². The molecule has 10 heavy (non-hydrogen) atoms. The van der Waals surface area contributed by atoms with Crippen molar-refractivity contribution < 1.29 is 9.90 Å². The van der Waals surface area contributed by atoms with E-state index in [0.29, 0.717) is 0 Å². The molecule has 0 bridgehead atoms. The molecule has 0 saturated heterocycles. The summed E-state index contributed by atoms with van der Waals surface area (Å²) in [5, 5.41) is 6.89. The highest BCUT2D eigenvalue weighted by molar-refractivity contribution is 5.32. The zero-order valence-corrected chi connectivity index (χ0v) is 6.12. The molecule has 1 aliphatic carbocycles. The highest BCUT2D eigenvalue weighted by Gasteiger charge is 1.87. The molecule has 0 heterocycles. The summed E-state index contributed by atoms with van der Waals surface area (Å²) in [5.41, 5.74) is 0. The van der Waals surface area contributed by atoms with Crippen molar-refractivity contribution in [2.75, 3.05) is 0 Å². The van der Waals surface area contributed by atoms with Crippen molar-refractivity contribution in [2.45, 2.75) is 25.7 Å². The van der Waals surface area contributed by atoms with Gasteiger partial charge in [-0.3, -0.25) is 4.79 Å². The van der Waals surface area contributed by atoms with Gasteiger partial charge < -0.3 is 11.3 Å². The van der Waals surface area contributed by atoms with Crippen LogP contribution in [0.5, 0.6) is 0 Å². The van der Waals surface area contributed by atoms with Crippen LogP contribution in [0.3, 0.4) is 0 Å². The summed E-state index contributed by atoms with van der Waals surface area (Å²) >= 11 is 0. The second-order valence-electron chi connectivity index (χ2n) is 1.86. The van der Waals surface area contributed by atoms with Gasteiger partial charge in [0.05, 0.1) is 0 Å². The Morgan fingerprint density at radius 3 is 1.60 bits per heavy atom. The van der Waals surface area contributed by atoms with Crippen LogP contribution >= 0.6 is 0 Å². The van der Waals surface area contributed by atoms with Gasteiger partial charge in [0.2, 0.25) is 0 Å². The van der Waals surface area contributed by atoms with E-state index >= 15 is 0 Å². The SMILES string of the molecule is C1=CCCCC1.N.O=CO. The maximum atomic E-state index is 8.36. The van der Waals surface area contributed by atoms with Gasteiger partial charge in [-0.2, -0.15) is 0 Å². The topological polar surface area (TPSA) is 72.3 Å². The second kappa shape index (κ2) is 11.0. The van der Waals surface area contributed by atoms with Gasteiger partial charge in [-0.15, -0.1) is 0 Å². The molecule has 0 amide bonds. The van der Waals surface area contributed by atoms with E-state index in [2.05, 4.69) is 12.2 Å². The molecular weight excluding hydrogens is 130 g/mol. The minimum atomic E-state index is -0.250. The third kappa shape index (κ3) is 10.2. The molecule has 3 heteroatoms. The highest BCUT2D eigenvalue weighted by atomic mass is 16.3. The first-order chi connectivity index (χ1) is 4.41. The standard InChI is InChI=1S/C6H10.CH2O2.H3N/c1-2-4-6-5-3-1;2-1-3;/h1-2H,3-6H2;1H,(H,2,3);1H3. The summed E-state index contributed by atoms with van der Waals surface area (Å²) in [5.74, 6) is 0. The van der Waals surface area contributed by atoms with Crippen molar-refractivity contribution in [3.63, 3.8) is 0 Å². The van der Waals surface area contributed by atoms with E-state index in [9.17, 15) is 0 Å². The lowest BCUT2D eigenvalue weighted by atomic mass is 10.1. The number of allylic oxidation sites excluding steroid dienone is 2. The first-order valence-electron chi connectivity index (χ1n) is 3.14. The van der Waals surface area contributed by atoms with Gasteiger partial charge in [-0.25, -0.2) is 0 Å². The van der Waals surface area contributed by atoms with Crippen LogP contribution < -0.4 is 6.15 Å². The van der Waals surface area contributed by atoms with Crippen molar-refractivity contribution in [3.8, 4) is 0 Å². The molecule has 0 aliphatic heterocycles. The Labute approximate surface area is 61.3 Å². The van der Waals surface area contributed by atoms with Gasteiger partial charge in [0.15, 0.2) is 0 Å². The Bertz CT molecular complexity index is 83.6. The molecule has 0 aromatic heterocycles. The molecule has 1 aliphatic rings. The first kappa shape index (κ1) is 11.9. The zero-order chi connectivity index (χ0) is 6.95. The molecule has 60 valence electrons. The molecule has 0 fully saturated rings. The summed E-state index contributed by atoms with van der Waals surface area (Å²) in [4.78, 5) is 8.36.